The van der Waals surface area contributed by atoms with Crippen LogP contribution in [0.1, 0.15) is 32.1 Å². The largest absolute Gasteiger partial charge is 0.352 e. The van der Waals surface area contributed by atoms with Crippen LogP contribution in [0.4, 0.5) is 18.9 Å². The zero-order chi connectivity index (χ0) is 21.9. The fourth-order valence-electron chi connectivity index (χ4n) is 6.14. The van der Waals surface area contributed by atoms with Gasteiger partial charge in [0.2, 0.25) is 5.91 Å². The van der Waals surface area contributed by atoms with Crippen LogP contribution < -0.4 is 9.62 Å². The SMILES string of the molecule is O=C(CN1CC=CN(c2cc(F)c(F)cc2F)S1(=O)=O)NC1C2CC3CC(C2)CC1C3. The molecule has 6 nitrogen and oxygen atoms in total. The van der Waals surface area contributed by atoms with E-state index in [2.05, 4.69) is 5.32 Å². The number of carbonyl (C=O) groups is 1. The van der Waals surface area contributed by atoms with Gasteiger partial charge in [-0.15, -0.1) is 0 Å². The minimum Gasteiger partial charge on any atom is -0.352 e. The number of anilines is 1. The second kappa shape index (κ2) is 7.51. The Kier molecular flexibility index (Phi) is 5.04. The van der Waals surface area contributed by atoms with Crippen LogP contribution in [0, 0.1) is 41.1 Å². The minimum atomic E-state index is -4.34. The number of nitrogens with one attached hydrogen (secondary N) is 1. The smallest absolute Gasteiger partial charge is 0.308 e. The predicted octanol–water partition coefficient (Wildman–Crippen LogP) is 2.93. The molecule has 0 radical (unpaired) electrons. The van der Waals surface area contributed by atoms with Gasteiger partial charge in [-0.1, -0.05) is 6.08 Å². The molecule has 1 aromatic carbocycles. The van der Waals surface area contributed by atoms with Crippen molar-refractivity contribution >= 4 is 21.8 Å². The van der Waals surface area contributed by atoms with Crippen molar-refractivity contribution in [2.75, 3.05) is 17.4 Å². The molecular weight excluding hydrogens is 431 g/mol. The Bertz CT molecular complexity index is 1020. The van der Waals surface area contributed by atoms with Gasteiger partial charge in [0.1, 0.15) is 0 Å². The van der Waals surface area contributed by atoms with E-state index in [1.807, 2.05) is 0 Å². The van der Waals surface area contributed by atoms with Crippen molar-refractivity contribution < 1.29 is 26.4 Å². The van der Waals surface area contributed by atoms with Crippen molar-refractivity contribution in [1.82, 2.24) is 9.62 Å². The highest BCUT2D eigenvalue weighted by Gasteiger charge is 2.48. The van der Waals surface area contributed by atoms with Gasteiger partial charge >= 0.3 is 10.2 Å². The van der Waals surface area contributed by atoms with E-state index >= 15 is 0 Å². The monoisotopic (exact) mass is 455 g/mol. The Labute approximate surface area is 179 Å². The number of rotatable bonds is 4. The molecular formula is C21H24F3N3O3S. The van der Waals surface area contributed by atoms with Crippen LogP contribution in [0.2, 0.25) is 0 Å². The van der Waals surface area contributed by atoms with E-state index in [4.69, 9.17) is 0 Å². The standard InChI is InChI=1S/C21H24F3N3O3S/c22-16-9-18(24)19(10-17(16)23)27-3-1-2-26(31(27,29)30)11-20(28)25-21-14-5-12-4-13(7-14)8-15(21)6-12/h1,3,9-10,12-15,21H,2,4-8,11H2,(H,25,28). The second-order valence-corrected chi connectivity index (χ2v) is 11.0. The maximum absolute atomic E-state index is 14.2. The first kappa shape index (κ1) is 20.8. The molecule has 1 heterocycles. The summed E-state index contributed by atoms with van der Waals surface area (Å²) in [6.07, 6.45) is 8.27. The van der Waals surface area contributed by atoms with Crippen molar-refractivity contribution in [1.29, 1.82) is 0 Å². The number of benzene rings is 1. The molecule has 10 heteroatoms. The molecule has 31 heavy (non-hydrogen) atoms. The summed E-state index contributed by atoms with van der Waals surface area (Å²) >= 11 is 0. The summed E-state index contributed by atoms with van der Waals surface area (Å²) in [5.41, 5.74) is -0.638. The number of hydrogen-bond acceptors (Lipinski definition) is 3. The molecule has 0 aromatic heterocycles. The van der Waals surface area contributed by atoms with Gasteiger partial charge in [0.25, 0.3) is 0 Å². The van der Waals surface area contributed by atoms with Crippen LogP contribution in [-0.4, -0.2) is 37.8 Å². The lowest BCUT2D eigenvalue weighted by atomic mass is 9.54. The van der Waals surface area contributed by atoms with Crippen LogP contribution in [0.5, 0.6) is 0 Å². The highest BCUT2D eigenvalue weighted by atomic mass is 32.2. The normalized spacial score (nSPS) is 33.6. The lowest BCUT2D eigenvalue weighted by molar-refractivity contribution is -0.125. The van der Waals surface area contributed by atoms with Gasteiger partial charge in [-0.3, -0.25) is 4.79 Å². The molecule has 1 N–H and O–H groups in total. The van der Waals surface area contributed by atoms with Crippen molar-refractivity contribution in [2.45, 2.75) is 38.1 Å². The van der Waals surface area contributed by atoms with Crippen LogP contribution in [-0.2, 0) is 15.0 Å². The summed E-state index contributed by atoms with van der Waals surface area (Å²) in [6, 6.07) is 0.861. The Morgan fingerprint density at radius 1 is 0.968 bits per heavy atom. The highest BCUT2D eigenvalue weighted by Crippen LogP contribution is 2.53. The average Bonchev–Trinajstić information content (AvgIpc) is 2.69. The summed E-state index contributed by atoms with van der Waals surface area (Å²) in [4.78, 5) is 12.8. The number of halogens is 3. The third kappa shape index (κ3) is 3.63. The predicted molar refractivity (Wildman–Crippen MR) is 107 cm³/mol. The molecule has 0 unspecified atom stereocenters. The van der Waals surface area contributed by atoms with Gasteiger partial charge in [0.15, 0.2) is 17.5 Å². The van der Waals surface area contributed by atoms with E-state index < -0.39 is 45.8 Å². The lowest BCUT2D eigenvalue weighted by Gasteiger charge is -2.54. The molecule has 6 rings (SSSR count). The quantitative estimate of drug-likeness (QED) is 0.710. The molecule has 168 valence electrons. The molecule has 1 aromatic rings. The molecule has 4 saturated carbocycles. The average molecular weight is 456 g/mol. The van der Waals surface area contributed by atoms with E-state index in [1.54, 1.807) is 0 Å². The fourth-order valence-corrected chi connectivity index (χ4v) is 7.57. The summed E-state index contributed by atoms with van der Waals surface area (Å²) < 4.78 is 68.4. The van der Waals surface area contributed by atoms with Gasteiger partial charge < -0.3 is 5.32 Å². The van der Waals surface area contributed by atoms with Gasteiger partial charge in [0.05, 0.1) is 12.2 Å². The van der Waals surface area contributed by atoms with Gasteiger partial charge in [-0.05, 0) is 55.8 Å². The summed E-state index contributed by atoms with van der Waals surface area (Å²) in [6.45, 7) is -0.490. The molecule has 4 aliphatic carbocycles. The highest BCUT2D eigenvalue weighted by molar-refractivity contribution is 7.90. The number of amides is 1. The first-order valence-electron chi connectivity index (χ1n) is 10.6. The maximum Gasteiger partial charge on any atom is 0.308 e. The number of nitrogens with zero attached hydrogens (tertiary/aromatic N) is 2. The Balaban J connectivity index is 1.30. The zero-order valence-corrected chi connectivity index (χ0v) is 17.6. The Morgan fingerprint density at radius 3 is 2.23 bits per heavy atom. The van der Waals surface area contributed by atoms with Crippen LogP contribution in [0.15, 0.2) is 24.4 Å². The van der Waals surface area contributed by atoms with Crippen molar-refractivity contribution in [3.05, 3.63) is 41.9 Å². The molecule has 0 saturated heterocycles. The van der Waals surface area contributed by atoms with Crippen molar-refractivity contribution in [3.8, 4) is 0 Å². The lowest BCUT2D eigenvalue weighted by Crippen LogP contribution is -2.57. The molecule has 0 spiro atoms. The van der Waals surface area contributed by atoms with E-state index in [9.17, 15) is 26.4 Å². The Morgan fingerprint density at radius 2 is 1.58 bits per heavy atom. The van der Waals surface area contributed by atoms with Crippen LogP contribution in [0.25, 0.3) is 0 Å². The van der Waals surface area contributed by atoms with Gasteiger partial charge in [-0.25, -0.2) is 17.5 Å². The van der Waals surface area contributed by atoms with Gasteiger partial charge in [0, 0.05) is 30.9 Å². The zero-order valence-electron chi connectivity index (χ0n) is 16.8. The topological polar surface area (TPSA) is 69.7 Å². The summed E-state index contributed by atoms with van der Waals surface area (Å²) in [5, 5.41) is 3.06. The van der Waals surface area contributed by atoms with E-state index in [-0.39, 0.29) is 12.6 Å². The number of hydrogen-bond donors (Lipinski definition) is 1. The van der Waals surface area contributed by atoms with E-state index in [1.165, 1.54) is 12.5 Å². The Hall–Kier alpha value is -2.07. The number of carbonyl (C=O) groups excluding carboxylic acids is 1. The van der Waals surface area contributed by atoms with Crippen molar-refractivity contribution in [3.63, 3.8) is 0 Å². The molecule has 5 aliphatic rings. The third-order valence-electron chi connectivity index (χ3n) is 7.23. The van der Waals surface area contributed by atoms with Gasteiger partial charge in [-0.2, -0.15) is 12.7 Å². The minimum absolute atomic E-state index is 0.0702. The summed E-state index contributed by atoms with van der Waals surface area (Å²) in [7, 11) is -4.34. The first-order chi connectivity index (χ1) is 14.7. The third-order valence-corrected chi connectivity index (χ3v) is 8.97. The van der Waals surface area contributed by atoms with Crippen LogP contribution >= 0.6 is 0 Å². The maximum atomic E-state index is 14.2. The second-order valence-electron chi connectivity index (χ2n) is 9.22. The van der Waals surface area contributed by atoms with Crippen molar-refractivity contribution in [2.24, 2.45) is 23.7 Å². The summed E-state index contributed by atoms with van der Waals surface area (Å²) in [5.74, 6) is -1.99. The van der Waals surface area contributed by atoms with Crippen LogP contribution in [0.3, 0.4) is 0 Å². The van der Waals surface area contributed by atoms with E-state index in [0.29, 0.717) is 28.3 Å². The molecule has 4 fully saturated rings. The molecule has 0 atom stereocenters. The van der Waals surface area contributed by atoms with E-state index in [0.717, 1.165) is 48.0 Å². The first-order valence-corrected chi connectivity index (χ1v) is 12.0. The molecule has 1 amide bonds. The fraction of sp³-hybridized carbons (Fsp3) is 0.571. The molecule has 1 aliphatic heterocycles. The molecule has 4 bridgehead atoms.